The number of rotatable bonds is 6. The molecule has 1 aromatic rings. The van der Waals surface area contributed by atoms with Gasteiger partial charge in [0.1, 0.15) is 11.6 Å². The van der Waals surface area contributed by atoms with Gasteiger partial charge in [0.2, 0.25) is 0 Å². The lowest BCUT2D eigenvalue weighted by Crippen LogP contribution is -2.23. The molecule has 0 amide bonds. The van der Waals surface area contributed by atoms with E-state index < -0.39 is 11.6 Å². The Morgan fingerprint density at radius 2 is 2.00 bits per heavy atom. The molecule has 0 radical (unpaired) electrons. The van der Waals surface area contributed by atoms with Gasteiger partial charge >= 0.3 is 0 Å². The van der Waals surface area contributed by atoms with Crippen molar-refractivity contribution in [1.29, 1.82) is 0 Å². The second-order valence-electron chi connectivity index (χ2n) is 4.20. The van der Waals surface area contributed by atoms with Crippen LogP contribution in [0.2, 0.25) is 0 Å². The van der Waals surface area contributed by atoms with Crippen molar-refractivity contribution in [3.8, 4) is 0 Å². The van der Waals surface area contributed by atoms with E-state index in [1.165, 1.54) is 12.1 Å². The van der Waals surface area contributed by atoms with Crippen molar-refractivity contribution >= 4 is 0 Å². The van der Waals surface area contributed by atoms with Crippen molar-refractivity contribution in [1.82, 2.24) is 0 Å². The van der Waals surface area contributed by atoms with Crippen LogP contribution in [-0.2, 0) is 6.42 Å². The number of hydrogen-bond acceptors (Lipinski definition) is 1. The summed E-state index contributed by atoms with van der Waals surface area (Å²) in [6.45, 7) is 2.13. The van der Waals surface area contributed by atoms with Crippen molar-refractivity contribution in [2.45, 2.75) is 45.1 Å². The van der Waals surface area contributed by atoms with Gasteiger partial charge in [0.05, 0.1) is 0 Å². The zero-order valence-corrected chi connectivity index (χ0v) is 9.68. The average Bonchev–Trinajstić information content (AvgIpc) is 2.23. The van der Waals surface area contributed by atoms with Gasteiger partial charge in [-0.2, -0.15) is 0 Å². The Labute approximate surface area is 95.7 Å². The summed E-state index contributed by atoms with van der Waals surface area (Å²) in [6.07, 6.45) is 4.75. The molecule has 0 aliphatic rings. The molecule has 0 saturated heterocycles. The van der Waals surface area contributed by atoms with Gasteiger partial charge in [0.25, 0.3) is 0 Å². The molecule has 16 heavy (non-hydrogen) atoms. The second kappa shape index (κ2) is 6.59. The standard InChI is InChI=1S/C13H19F2N/c1-2-3-4-5-12(16)8-10-6-7-11(14)9-13(10)15/h6-7,9,12H,2-5,8,16H2,1H3. The van der Waals surface area contributed by atoms with Gasteiger partial charge in [0.15, 0.2) is 0 Å². The van der Waals surface area contributed by atoms with Crippen molar-refractivity contribution in [3.63, 3.8) is 0 Å². The average molecular weight is 227 g/mol. The first kappa shape index (κ1) is 13.1. The SMILES string of the molecule is CCCCCC(N)Cc1ccc(F)cc1F. The minimum Gasteiger partial charge on any atom is -0.327 e. The van der Waals surface area contributed by atoms with Crippen molar-refractivity contribution in [2.75, 3.05) is 0 Å². The molecule has 90 valence electrons. The fourth-order valence-corrected chi connectivity index (χ4v) is 1.73. The van der Waals surface area contributed by atoms with Crippen LogP contribution < -0.4 is 5.73 Å². The maximum absolute atomic E-state index is 13.3. The van der Waals surface area contributed by atoms with Gasteiger partial charge in [-0.25, -0.2) is 8.78 Å². The van der Waals surface area contributed by atoms with Gasteiger partial charge < -0.3 is 5.73 Å². The minimum atomic E-state index is -0.541. The Morgan fingerprint density at radius 1 is 1.25 bits per heavy atom. The van der Waals surface area contributed by atoms with Crippen LogP contribution in [0.4, 0.5) is 8.78 Å². The molecule has 0 bridgehead atoms. The summed E-state index contributed by atoms with van der Waals surface area (Å²) in [4.78, 5) is 0. The van der Waals surface area contributed by atoms with Crippen molar-refractivity contribution < 1.29 is 8.78 Å². The first-order valence-corrected chi connectivity index (χ1v) is 5.83. The van der Waals surface area contributed by atoms with Gasteiger partial charge in [-0.05, 0) is 24.5 Å². The van der Waals surface area contributed by atoms with Crippen LogP contribution in [0, 0.1) is 11.6 Å². The van der Waals surface area contributed by atoms with Gasteiger partial charge in [-0.3, -0.25) is 0 Å². The van der Waals surface area contributed by atoms with Crippen LogP contribution in [0.5, 0.6) is 0 Å². The molecule has 0 aliphatic heterocycles. The summed E-state index contributed by atoms with van der Waals surface area (Å²) >= 11 is 0. The lowest BCUT2D eigenvalue weighted by atomic mass is 10.0. The third-order valence-electron chi connectivity index (χ3n) is 2.68. The molecule has 1 unspecified atom stereocenters. The van der Waals surface area contributed by atoms with Crippen LogP contribution in [0.3, 0.4) is 0 Å². The summed E-state index contributed by atoms with van der Waals surface area (Å²) in [6, 6.07) is 3.63. The molecule has 1 aromatic carbocycles. The predicted octanol–water partition coefficient (Wildman–Crippen LogP) is 3.41. The molecule has 1 rings (SSSR count). The Morgan fingerprint density at radius 3 is 2.62 bits per heavy atom. The van der Waals surface area contributed by atoms with E-state index >= 15 is 0 Å². The smallest absolute Gasteiger partial charge is 0.129 e. The Balaban J connectivity index is 2.46. The minimum absolute atomic E-state index is 0.0356. The molecule has 1 nitrogen and oxygen atoms in total. The highest BCUT2D eigenvalue weighted by molar-refractivity contribution is 5.19. The maximum Gasteiger partial charge on any atom is 0.129 e. The molecule has 0 heterocycles. The number of hydrogen-bond donors (Lipinski definition) is 1. The van der Waals surface area contributed by atoms with Crippen LogP contribution in [0.1, 0.15) is 38.2 Å². The van der Waals surface area contributed by atoms with E-state index in [2.05, 4.69) is 6.92 Å². The number of unbranched alkanes of at least 4 members (excludes halogenated alkanes) is 2. The van der Waals surface area contributed by atoms with Crippen LogP contribution in [0.25, 0.3) is 0 Å². The highest BCUT2D eigenvalue weighted by Gasteiger charge is 2.08. The number of benzene rings is 1. The molecule has 0 saturated carbocycles. The summed E-state index contributed by atoms with van der Waals surface area (Å²) in [5.74, 6) is -1.04. The Hall–Kier alpha value is -0.960. The quantitative estimate of drug-likeness (QED) is 0.740. The normalized spacial score (nSPS) is 12.8. The van der Waals surface area contributed by atoms with E-state index in [0.29, 0.717) is 12.0 Å². The lowest BCUT2D eigenvalue weighted by Gasteiger charge is -2.11. The highest BCUT2D eigenvalue weighted by Crippen LogP contribution is 2.13. The first-order chi connectivity index (χ1) is 7.63. The highest BCUT2D eigenvalue weighted by atomic mass is 19.1. The van der Waals surface area contributed by atoms with E-state index in [-0.39, 0.29) is 6.04 Å². The second-order valence-corrected chi connectivity index (χ2v) is 4.20. The van der Waals surface area contributed by atoms with Gasteiger partial charge in [-0.1, -0.05) is 32.3 Å². The molecule has 1 atom stereocenters. The van der Waals surface area contributed by atoms with E-state index in [1.807, 2.05) is 0 Å². The molecule has 0 fully saturated rings. The van der Waals surface area contributed by atoms with Crippen molar-refractivity contribution in [3.05, 3.63) is 35.4 Å². The summed E-state index contributed by atoms with van der Waals surface area (Å²) in [7, 11) is 0. The van der Waals surface area contributed by atoms with Crippen LogP contribution in [0.15, 0.2) is 18.2 Å². The van der Waals surface area contributed by atoms with Crippen LogP contribution >= 0.6 is 0 Å². The first-order valence-electron chi connectivity index (χ1n) is 5.83. The monoisotopic (exact) mass is 227 g/mol. The molecular formula is C13H19F2N. The predicted molar refractivity (Wildman–Crippen MR) is 62.2 cm³/mol. The van der Waals surface area contributed by atoms with E-state index in [1.54, 1.807) is 0 Å². The molecule has 0 aliphatic carbocycles. The van der Waals surface area contributed by atoms with E-state index in [9.17, 15) is 8.78 Å². The third-order valence-corrected chi connectivity index (χ3v) is 2.68. The fraction of sp³-hybridized carbons (Fsp3) is 0.538. The molecular weight excluding hydrogens is 208 g/mol. The van der Waals surface area contributed by atoms with Crippen molar-refractivity contribution in [2.24, 2.45) is 5.73 Å². The molecule has 3 heteroatoms. The summed E-state index contributed by atoms with van der Waals surface area (Å²) in [5.41, 5.74) is 6.40. The summed E-state index contributed by atoms with van der Waals surface area (Å²) in [5, 5.41) is 0. The topological polar surface area (TPSA) is 26.0 Å². The van der Waals surface area contributed by atoms with E-state index in [0.717, 1.165) is 31.7 Å². The zero-order valence-electron chi connectivity index (χ0n) is 9.68. The van der Waals surface area contributed by atoms with Gasteiger partial charge in [-0.15, -0.1) is 0 Å². The number of halogens is 2. The zero-order chi connectivity index (χ0) is 12.0. The summed E-state index contributed by atoms with van der Waals surface area (Å²) < 4.78 is 26.0. The van der Waals surface area contributed by atoms with Crippen LogP contribution in [-0.4, -0.2) is 6.04 Å². The molecule has 2 N–H and O–H groups in total. The molecule has 0 aromatic heterocycles. The van der Waals surface area contributed by atoms with E-state index in [4.69, 9.17) is 5.73 Å². The van der Waals surface area contributed by atoms with Gasteiger partial charge in [0, 0.05) is 12.1 Å². The largest absolute Gasteiger partial charge is 0.327 e. The fourth-order valence-electron chi connectivity index (χ4n) is 1.73. The third kappa shape index (κ3) is 4.27. The maximum atomic E-state index is 13.3. The number of nitrogens with two attached hydrogens (primary N) is 1. The Kier molecular flexibility index (Phi) is 5.39. The lowest BCUT2D eigenvalue weighted by molar-refractivity contribution is 0.530. The Bertz CT molecular complexity index is 326. The molecule has 0 spiro atoms.